The van der Waals surface area contributed by atoms with Crippen molar-refractivity contribution in [2.45, 2.75) is 57.7 Å². The Morgan fingerprint density at radius 1 is 1.39 bits per heavy atom. The van der Waals surface area contributed by atoms with E-state index in [1.54, 1.807) is 27.0 Å². The zero-order chi connectivity index (χ0) is 17.8. The maximum absolute atomic E-state index is 12.0. The second-order valence-electron chi connectivity index (χ2n) is 7.30. The van der Waals surface area contributed by atoms with Gasteiger partial charge in [0, 0.05) is 41.9 Å². The van der Waals surface area contributed by atoms with Gasteiger partial charge in [-0.05, 0) is 34.1 Å². The molecule has 1 fully saturated rings. The number of carboxylic acid groups (broad SMARTS) is 1. The van der Waals surface area contributed by atoms with Crippen LogP contribution in [0, 0.1) is 0 Å². The smallest absolute Gasteiger partial charge is 0.410 e. The van der Waals surface area contributed by atoms with Crippen LogP contribution >= 0.6 is 0 Å². The van der Waals surface area contributed by atoms with Crippen LogP contribution in [0.1, 0.15) is 40.5 Å². The number of rotatable bonds is 7. The molecule has 23 heavy (non-hydrogen) atoms. The fourth-order valence-electron chi connectivity index (χ4n) is 2.62. The number of carbonyl (C=O) groups is 2. The van der Waals surface area contributed by atoms with Gasteiger partial charge in [0.05, 0.1) is 12.0 Å². The first-order chi connectivity index (χ1) is 10.4. The summed E-state index contributed by atoms with van der Waals surface area (Å²) in [6, 6.07) is 0.0269. The molecule has 2 atom stereocenters. The van der Waals surface area contributed by atoms with Gasteiger partial charge in [0.2, 0.25) is 0 Å². The standard InChI is InChI=1S/C15H28N2O5S/c1-11(6-7-23(5)21)16-15(8-12(18)19)9-17(10-15)13(20)22-14(2,3)4/h11,16H,6-10H2,1-5H3,(H,18,19). The number of nitrogens with zero attached hydrogens (tertiary/aromatic N) is 1. The number of amides is 1. The molecule has 7 nitrogen and oxygen atoms in total. The molecule has 0 aliphatic carbocycles. The van der Waals surface area contributed by atoms with Crippen LogP contribution in [-0.2, 0) is 20.3 Å². The van der Waals surface area contributed by atoms with E-state index in [0.717, 1.165) is 0 Å². The number of likely N-dealkylation sites (tertiary alicyclic amines) is 1. The van der Waals surface area contributed by atoms with Gasteiger partial charge in [-0.3, -0.25) is 9.00 Å². The minimum atomic E-state index is -0.910. The molecule has 1 heterocycles. The topological polar surface area (TPSA) is 95.9 Å². The average molecular weight is 348 g/mol. The molecule has 0 aromatic rings. The summed E-state index contributed by atoms with van der Waals surface area (Å²) in [5, 5.41) is 12.4. The summed E-state index contributed by atoms with van der Waals surface area (Å²) < 4.78 is 16.5. The lowest BCUT2D eigenvalue weighted by molar-refractivity contribution is -0.141. The van der Waals surface area contributed by atoms with Crippen LogP contribution in [0.25, 0.3) is 0 Å². The molecule has 0 spiro atoms. The van der Waals surface area contributed by atoms with Crippen LogP contribution < -0.4 is 5.32 Å². The summed E-state index contributed by atoms with van der Waals surface area (Å²) >= 11 is 0. The Balaban J connectivity index is 2.61. The highest BCUT2D eigenvalue weighted by Crippen LogP contribution is 2.27. The fraction of sp³-hybridized carbons (Fsp3) is 0.867. The van der Waals surface area contributed by atoms with E-state index in [9.17, 15) is 13.8 Å². The molecule has 8 heteroatoms. The number of hydrogen-bond acceptors (Lipinski definition) is 5. The molecule has 1 aliphatic heterocycles. The Bertz CT molecular complexity index is 469. The molecule has 2 unspecified atom stereocenters. The van der Waals surface area contributed by atoms with Crippen molar-refractivity contribution in [3.8, 4) is 0 Å². The molecule has 134 valence electrons. The zero-order valence-corrected chi connectivity index (χ0v) is 15.4. The molecule has 0 aromatic heterocycles. The Labute approximate surface area is 140 Å². The van der Waals surface area contributed by atoms with Crippen molar-refractivity contribution >= 4 is 22.9 Å². The van der Waals surface area contributed by atoms with Gasteiger partial charge in [-0.15, -0.1) is 0 Å². The van der Waals surface area contributed by atoms with Crippen molar-refractivity contribution in [1.29, 1.82) is 0 Å². The number of carbonyl (C=O) groups excluding carboxylic acids is 1. The summed E-state index contributed by atoms with van der Waals surface area (Å²) in [5.74, 6) is -0.347. The van der Waals surface area contributed by atoms with Gasteiger partial charge in [0.15, 0.2) is 0 Å². The quantitative estimate of drug-likeness (QED) is 0.718. The number of ether oxygens (including phenoxy) is 1. The number of carboxylic acids is 1. The highest BCUT2D eigenvalue weighted by molar-refractivity contribution is 7.84. The Hall–Kier alpha value is -1.15. The lowest BCUT2D eigenvalue weighted by Gasteiger charge is -2.51. The molecular weight excluding hydrogens is 320 g/mol. The van der Waals surface area contributed by atoms with Crippen LogP contribution in [-0.4, -0.2) is 68.6 Å². The number of nitrogens with one attached hydrogen (secondary N) is 1. The molecule has 0 aromatic carbocycles. The normalized spacial score (nSPS) is 19.6. The van der Waals surface area contributed by atoms with Gasteiger partial charge < -0.3 is 20.1 Å². The third-order valence-corrected chi connectivity index (χ3v) is 4.33. The number of hydrogen-bond donors (Lipinski definition) is 2. The van der Waals surface area contributed by atoms with Crippen molar-refractivity contribution < 1.29 is 23.6 Å². The molecule has 0 radical (unpaired) electrons. The van der Waals surface area contributed by atoms with Crippen LogP contribution in [0.5, 0.6) is 0 Å². The van der Waals surface area contributed by atoms with Gasteiger partial charge in [0.25, 0.3) is 0 Å². The van der Waals surface area contributed by atoms with Crippen LogP contribution in [0.4, 0.5) is 4.79 Å². The average Bonchev–Trinajstić information content (AvgIpc) is 2.29. The molecule has 1 amide bonds. The highest BCUT2D eigenvalue weighted by Gasteiger charge is 2.48. The van der Waals surface area contributed by atoms with Gasteiger partial charge >= 0.3 is 12.1 Å². The van der Waals surface area contributed by atoms with E-state index in [2.05, 4.69) is 5.32 Å². The predicted molar refractivity (Wildman–Crippen MR) is 88.9 cm³/mol. The van der Waals surface area contributed by atoms with Gasteiger partial charge in [-0.25, -0.2) is 4.79 Å². The third kappa shape index (κ3) is 6.87. The van der Waals surface area contributed by atoms with Crippen LogP contribution in [0.3, 0.4) is 0 Å². The lowest BCUT2D eigenvalue weighted by Crippen LogP contribution is -2.72. The summed E-state index contributed by atoms with van der Waals surface area (Å²) in [4.78, 5) is 24.6. The van der Waals surface area contributed by atoms with Crippen molar-refractivity contribution in [2.75, 3.05) is 25.1 Å². The zero-order valence-electron chi connectivity index (χ0n) is 14.5. The minimum Gasteiger partial charge on any atom is -0.481 e. The summed E-state index contributed by atoms with van der Waals surface area (Å²) in [7, 11) is -0.876. The molecule has 1 rings (SSSR count). The maximum atomic E-state index is 12.0. The van der Waals surface area contributed by atoms with Crippen molar-refractivity contribution in [2.24, 2.45) is 0 Å². The maximum Gasteiger partial charge on any atom is 0.410 e. The van der Waals surface area contributed by atoms with Gasteiger partial charge in [-0.1, -0.05) is 0 Å². The molecular formula is C15H28N2O5S. The first kappa shape index (κ1) is 19.9. The van der Waals surface area contributed by atoms with E-state index in [-0.39, 0.29) is 12.5 Å². The summed E-state index contributed by atoms with van der Waals surface area (Å²) in [6.45, 7) is 7.91. The second kappa shape index (κ2) is 7.61. The molecule has 0 bridgehead atoms. The fourth-order valence-corrected chi connectivity index (χ4v) is 3.31. The monoisotopic (exact) mass is 348 g/mol. The summed E-state index contributed by atoms with van der Waals surface area (Å²) in [6.07, 6.45) is 1.85. The Morgan fingerprint density at radius 2 is 1.96 bits per heavy atom. The third-order valence-electron chi connectivity index (χ3n) is 3.52. The van der Waals surface area contributed by atoms with Gasteiger partial charge in [-0.2, -0.15) is 0 Å². The first-order valence-electron chi connectivity index (χ1n) is 7.70. The van der Waals surface area contributed by atoms with E-state index in [1.807, 2.05) is 6.92 Å². The first-order valence-corrected chi connectivity index (χ1v) is 9.43. The second-order valence-corrected chi connectivity index (χ2v) is 8.85. The molecule has 1 aliphatic rings. The Morgan fingerprint density at radius 3 is 2.39 bits per heavy atom. The Kier molecular flexibility index (Phi) is 6.59. The van der Waals surface area contributed by atoms with E-state index >= 15 is 0 Å². The van der Waals surface area contributed by atoms with E-state index in [4.69, 9.17) is 9.84 Å². The van der Waals surface area contributed by atoms with Crippen LogP contribution in [0.2, 0.25) is 0 Å². The van der Waals surface area contributed by atoms with Crippen LogP contribution in [0.15, 0.2) is 0 Å². The largest absolute Gasteiger partial charge is 0.481 e. The van der Waals surface area contributed by atoms with E-state index in [1.165, 1.54) is 4.90 Å². The molecule has 1 saturated heterocycles. The summed E-state index contributed by atoms with van der Waals surface area (Å²) in [5.41, 5.74) is -1.22. The molecule has 0 saturated carbocycles. The van der Waals surface area contributed by atoms with E-state index in [0.29, 0.717) is 25.3 Å². The van der Waals surface area contributed by atoms with Crippen molar-refractivity contribution in [3.63, 3.8) is 0 Å². The minimum absolute atomic E-state index is 0.0269. The highest BCUT2D eigenvalue weighted by atomic mass is 32.2. The molecule has 2 N–H and O–H groups in total. The lowest BCUT2D eigenvalue weighted by atomic mass is 9.85. The van der Waals surface area contributed by atoms with Gasteiger partial charge in [0.1, 0.15) is 5.60 Å². The van der Waals surface area contributed by atoms with Crippen molar-refractivity contribution in [3.05, 3.63) is 0 Å². The SMILES string of the molecule is CC(CCS(C)=O)NC1(CC(=O)O)CN(C(=O)OC(C)(C)C)C1. The van der Waals surface area contributed by atoms with E-state index < -0.39 is 34.0 Å². The number of aliphatic carboxylic acids is 1. The predicted octanol–water partition coefficient (Wildman–Crippen LogP) is 1.20. The van der Waals surface area contributed by atoms with Crippen molar-refractivity contribution in [1.82, 2.24) is 10.2 Å².